The third kappa shape index (κ3) is 2.29. The van der Waals surface area contributed by atoms with E-state index in [0.29, 0.717) is 3.43 Å². The normalized spacial score (nSPS) is 12.2. The average Bonchev–Trinajstić information content (AvgIpc) is 2.47. The van der Waals surface area contributed by atoms with Crippen LogP contribution in [0.25, 0.3) is 5.65 Å². The van der Waals surface area contributed by atoms with Gasteiger partial charge in [0, 0.05) is 0 Å². The molecular weight excluding hydrogens is 279 g/mol. The van der Waals surface area contributed by atoms with E-state index in [9.17, 15) is 0 Å². The van der Waals surface area contributed by atoms with Crippen LogP contribution in [0.2, 0.25) is 3.43 Å². The Morgan fingerprint density at radius 2 is 2.07 bits per heavy atom. The summed E-state index contributed by atoms with van der Waals surface area (Å²) in [5.41, 5.74) is 1.04. The number of imidazole rings is 1. The molecule has 0 atom stereocenters. The molecule has 14 heavy (non-hydrogen) atoms. The Morgan fingerprint density at radius 1 is 1.29 bits per heavy atom. The zero-order valence-electron chi connectivity index (χ0n) is 8.78. The molecule has 2 heterocycles. The van der Waals surface area contributed by atoms with Gasteiger partial charge in [0.2, 0.25) is 0 Å². The van der Waals surface area contributed by atoms with Crippen LogP contribution in [0.3, 0.4) is 0 Å². The molecule has 0 amide bonds. The summed E-state index contributed by atoms with van der Waals surface area (Å²) in [6.07, 6.45) is 6.10. The van der Waals surface area contributed by atoms with Crippen LogP contribution in [0.4, 0.5) is 0 Å². The summed E-state index contributed by atoms with van der Waals surface area (Å²) in [4.78, 5) is 4.24. The Hall–Kier alpha value is -0.511. The van der Waals surface area contributed by atoms with Gasteiger partial charge in [-0.3, -0.25) is 0 Å². The third-order valence-corrected chi connectivity index (χ3v) is 5.72. The van der Waals surface area contributed by atoms with Crippen LogP contribution < -0.4 is 3.58 Å². The number of aromatic nitrogens is 2. The van der Waals surface area contributed by atoms with Crippen LogP contribution in [0.15, 0.2) is 30.7 Å². The minimum absolute atomic E-state index is 0.477. The van der Waals surface area contributed by atoms with Crippen molar-refractivity contribution in [2.24, 2.45) is 0 Å². The van der Waals surface area contributed by atoms with Crippen molar-refractivity contribution in [2.75, 3.05) is 0 Å². The van der Waals surface area contributed by atoms with Gasteiger partial charge in [-0.15, -0.1) is 0 Å². The maximum absolute atomic E-state index is 4.24. The summed E-state index contributed by atoms with van der Waals surface area (Å²) < 4.78 is 4.16. The first-order valence-corrected chi connectivity index (χ1v) is 7.61. The molecule has 0 aliphatic heterocycles. The van der Waals surface area contributed by atoms with Crippen molar-refractivity contribution in [1.82, 2.24) is 9.38 Å². The zero-order valence-corrected chi connectivity index (χ0v) is 11.6. The number of pyridine rings is 1. The first-order chi connectivity index (χ1) is 6.54. The van der Waals surface area contributed by atoms with Gasteiger partial charge >= 0.3 is 94.7 Å². The van der Waals surface area contributed by atoms with E-state index >= 15 is 0 Å². The second-order valence-corrected chi connectivity index (χ2v) is 11.1. The predicted octanol–water partition coefficient (Wildman–Crippen LogP) is 1.88. The molecule has 0 unspecified atom stereocenters. The van der Waals surface area contributed by atoms with Crippen LogP contribution >= 0.6 is 0 Å². The molecular formula is C11H14N2Sn. The predicted molar refractivity (Wildman–Crippen MR) is 60.3 cm³/mol. The molecule has 2 rings (SSSR count). The van der Waals surface area contributed by atoms with Crippen LogP contribution in [0, 0.1) is 0 Å². The van der Waals surface area contributed by atoms with Gasteiger partial charge in [0.25, 0.3) is 0 Å². The number of hydrogen-bond donors (Lipinski definition) is 0. The Morgan fingerprint density at radius 3 is 2.79 bits per heavy atom. The third-order valence-electron chi connectivity index (χ3n) is 1.91. The Kier molecular flexibility index (Phi) is 2.56. The summed E-state index contributed by atoms with van der Waals surface area (Å²) in [6.45, 7) is 6.99. The molecule has 0 aromatic carbocycles. The van der Waals surface area contributed by atoms with Crippen LogP contribution in [0.1, 0.15) is 20.8 Å². The summed E-state index contributed by atoms with van der Waals surface area (Å²) in [7, 11) is 0. The molecule has 0 aliphatic rings. The van der Waals surface area contributed by atoms with Crippen molar-refractivity contribution in [3.63, 3.8) is 0 Å². The van der Waals surface area contributed by atoms with Gasteiger partial charge in [0.15, 0.2) is 0 Å². The SMILES string of the molecule is C[C](C)(C)[Sn][c]1ccc2nccn2c1. The molecule has 0 fully saturated rings. The molecule has 72 valence electrons. The number of hydrogen-bond acceptors (Lipinski definition) is 1. The molecule has 2 aromatic heterocycles. The molecule has 0 N–H and O–H groups in total. The molecule has 0 bridgehead atoms. The second kappa shape index (κ2) is 3.57. The van der Waals surface area contributed by atoms with Crippen LogP contribution in [0.5, 0.6) is 0 Å². The molecule has 0 saturated carbocycles. The van der Waals surface area contributed by atoms with E-state index < -0.39 is 21.1 Å². The standard InChI is InChI=1S/C7H5N2.C4H9.Sn/c1-2-5-9-6-4-8-7(9)3-1;1-4(2)3;/h1,3-6H;1-3H3;. The van der Waals surface area contributed by atoms with Gasteiger partial charge in [-0.25, -0.2) is 0 Å². The summed E-state index contributed by atoms with van der Waals surface area (Å²) >= 11 is -0.477. The van der Waals surface area contributed by atoms with E-state index in [2.05, 4.69) is 48.5 Å². The molecule has 3 heteroatoms. The van der Waals surface area contributed by atoms with Gasteiger partial charge in [0.1, 0.15) is 0 Å². The summed E-state index contributed by atoms with van der Waals surface area (Å²) in [5, 5.41) is 0. The Bertz CT molecular complexity index is 440. The fourth-order valence-electron chi connectivity index (χ4n) is 1.43. The van der Waals surface area contributed by atoms with Gasteiger partial charge in [-0.2, -0.15) is 0 Å². The summed E-state index contributed by atoms with van der Waals surface area (Å²) in [6, 6.07) is 4.35. The van der Waals surface area contributed by atoms with Crippen molar-refractivity contribution < 1.29 is 0 Å². The molecule has 2 radical (unpaired) electrons. The van der Waals surface area contributed by atoms with E-state index in [1.54, 1.807) is 0 Å². The topological polar surface area (TPSA) is 17.3 Å². The van der Waals surface area contributed by atoms with Crippen LogP contribution in [-0.4, -0.2) is 30.5 Å². The van der Waals surface area contributed by atoms with Crippen molar-refractivity contribution in [2.45, 2.75) is 24.2 Å². The van der Waals surface area contributed by atoms with Gasteiger partial charge in [-0.1, -0.05) is 0 Å². The fourth-order valence-corrected chi connectivity index (χ4v) is 4.96. The van der Waals surface area contributed by atoms with E-state index in [0.717, 1.165) is 5.65 Å². The van der Waals surface area contributed by atoms with E-state index in [1.807, 2.05) is 12.4 Å². The van der Waals surface area contributed by atoms with Crippen molar-refractivity contribution in [3.05, 3.63) is 30.7 Å². The van der Waals surface area contributed by atoms with Crippen molar-refractivity contribution >= 4 is 30.4 Å². The first kappa shape index (κ1) is 10.0. The Balaban J connectivity index is 2.35. The van der Waals surface area contributed by atoms with Crippen molar-refractivity contribution in [1.29, 1.82) is 0 Å². The van der Waals surface area contributed by atoms with E-state index in [-0.39, 0.29) is 0 Å². The summed E-state index contributed by atoms with van der Waals surface area (Å²) in [5.74, 6) is 0. The Labute approximate surface area is 94.6 Å². The van der Waals surface area contributed by atoms with Crippen molar-refractivity contribution in [3.8, 4) is 0 Å². The maximum atomic E-state index is 4.24. The average molecular weight is 293 g/mol. The van der Waals surface area contributed by atoms with Gasteiger partial charge < -0.3 is 0 Å². The van der Waals surface area contributed by atoms with Gasteiger partial charge in [0.05, 0.1) is 0 Å². The van der Waals surface area contributed by atoms with E-state index in [4.69, 9.17) is 0 Å². The number of fused-ring (bicyclic) bond motifs is 1. The molecule has 0 spiro atoms. The zero-order chi connectivity index (χ0) is 10.2. The molecule has 2 nitrogen and oxygen atoms in total. The first-order valence-electron chi connectivity index (χ1n) is 4.75. The van der Waals surface area contributed by atoms with Gasteiger partial charge in [-0.05, 0) is 0 Å². The quantitative estimate of drug-likeness (QED) is 0.734. The molecule has 2 aromatic rings. The number of rotatable bonds is 1. The van der Waals surface area contributed by atoms with E-state index in [1.165, 1.54) is 3.58 Å². The second-order valence-electron chi connectivity index (χ2n) is 4.49. The molecule has 0 aliphatic carbocycles. The number of nitrogens with zero attached hydrogens (tertiary/aromatic N) is 2. The minimum atomic E-state index is -0.477. The monoisotopic (exact) mass is 294 g/mol. The fraction of sp³-hybridized carbons (Fsp3) is 0.364. The molecule has 0 saturated heterocycles. The van der Waals surface area contributed by atoms with Crippen LogP contribution in [-0.2, 0) is 0 Å².